The molecule has 0 amide bonds. The van der Waals surface area contributed by atoms with E-state index in [-0.39, 0.29) is 17.2 Å². The zero-order chi connectivity index (χ0) is 17.0. The van der Waals surface area contributed by atoms with Gasteiger partial charge in [-0.1, -0.05) is 29.1 Å². The summed E-state index contributed by atoms with van der Waals surface area (Å²) in [5.74, 6) is 0.109. The Morgan fingerprint density at radius 3 is 2.30 bits per heavy atom. The molecule has 2 rings (SSSR count). The number of nitrogens with zero attached hydrogens (tertiary/aromatic N) is 1. The van der Waals surface area contributed by atoms with Gasteiger partial charge in [0.25, 0.3) is 0 Å². The molecule has 0 saturated carbocycles. The van der Waals surface area contributed by atoms with Gasteiger partial charge in [0.05, 0.1) is 6.61 Å². The second kappa shape index (κ2) is 7.95. The maximum atomic E-state index is 9.96. The molecule has 1 aromatic carbocycles. The highest BCUT2D eigenvalue weighted by Crippen LogP contribution is 2.30. The Morgan fingerprint density at radius 2 is 1.74 bits per heavy atom. The topological polar surface area (TPSA) is 143 Å². The number of aliphatic hydroxyl groups is 4. The van der Waals surface area contributed by atoms with Crippen LogP contribution in [0.25, 0.3) is 0 Å². The van der Waals surface area contributed by atoms with Crippen LogP contribution in [0.15, 0.2) is 29.4 Å². The van der Waals surface area contributed by atoms with Gasteiger partial charge < -0.3 is 35.5 Å². The van der Waals surface area contributed by atoms with E-state index in [1.54, 1.807) is 12.1 Å². The number of phenolic OH excluding ortho intramolecular Hbond substituents is 1. The smallest absolute Gasteiger partial charge is 0.138 e. The van der Waals surface area contributed by atoms with E-state index in [4.69, 9.17) is 15.1 Å². The van der Waals surface area contributed by atoms with Crippen molar-refractivity contribution in [2.75, 3.05) is 6.61 Å². The van der Waals surface area contributed by atoms with Gasteiger partial charge in [-0.3, -0.25) is 0 Å². The Hall–Kier alpha value is -1.36. The molecule has 0 radical (unpaired) electrons. The van der Waals surface area contributed by atoms with Crippen molar-refractivity contribution in [3.8, 4) is 5.75 Å². The van der Waals surface area contributed by atoms with E-state index in [0.717, 1.165) is 17.3 Å². The van der Waals surface area contributed by atoms with Gasteiger partial charge in [-0.25, -0.2) is 0 Å². The number of phenols is 1. The molecule has 5 unspecified atom stereocenters. The molecule has 1 fully saturated rings. The van der Waals surface area contributed by atoms with Crippen LogP contribution >= 0.6 is 11.8 Å². The van der Waals surface area contributed by atoms with Crippen LogP contribution in [0.4, 0.5) is 0 Å². The standard InChI is InChI=1S/C14H19NO7S/c16-6-9-11(18)12(19)13(20)14(22-9)23-10(15-21)5-7-1-3-8(17)4-2-7/h1-4,9,11-14,16-21H,5-6H2. The summed E-state index contributed by atoms with van der Waals surface area (Å²) in [5, 5.41) is 60.3. The van der Waals surface area contributed by atoms with E-state index in [1.807, 2.05) is 0 Å². The number of aromatic hydroxyl groups is 1. The number of benzene rings is 1. The predicted molar refractivity (Wildman–Crippen MR) is 82.4 cm³/mol. The lowest BCUT2D eigenvalue weighted by molar-refractivity contribution is -0.205. The van der Waals surface area contributed by atoms with Gasteiger partial charge in [0, 0.05) is 6.42 Å². The molecule has 1 heterocycles. The summed E-state index contributed by atoms with van der Waals surface area (Å²) in [5.41, 5.74) is -0.249. The molecule has 0 bridgehead atoms. The van der Waals surface area contributed by atoms with Crippen LogP contribution in [-0.2, 0) is 11.2 Å². The van der Waals surface area contributed by atoms with Crippen LogP contribution in [0.3, 0.4) is 0 Å². The lowest BCUT2D eigenvalue weighted by Crippen LogP contribution is -2.57. The van der Waals surface area contributed by atoms with Crippen molar-refractivity contribution >= 4 is 16.8 Å². The fraction of sp³-hybridized carbons (Fsp3) is 0.500. The number of oxime groups is 1. The molecular weight excluding hydrogens is 326 g/mol. The Bertz CT molecular complexity index is 536. The van der Waals surface area contributed by atoms with Crippen molar-refractivity contribution in [1.29, 1.82) is 0 Å². The average Bonchev–Trinajstić information content (AvgIpc) is 2.56. The first-order chi connectivity index (χ1) is 11.0. The molecule has 6 N–H and O–H groups in total. The normalized spacial score (nSPS) is 32.0. The van der Waals surface area contributed by atoms with Crippen molar-refractivity contribution < 1.29 is 35.5 Å². The van der Waals surface area contributed by atoms with E-state index < -0.39 is 36.5 Å². The first-order valence-electron chi connectivity index (χ1n) is 6.92. The number of hydrogen-bond acceptors (Lipinski definition) is 9. The molecular formula is C14H19NO7S. The molecule has 1 aliphatic heterocycles. The number of hydrogen-bond donors (Lipinski definition) is 6. The quantitative estimate of drug-likeness (QED) is 0.181. The van der Waals surface area contributed by atoms with Crippen LogP contribution in [0.5, 0.6) is 5.75 Å². The van der Waals surface area contributed by atoms with Gasteiger partial charge >= 0.3 is 0 Å². The molecule has 5 atom stereocenters. The highest BCUT2D eigenvalue weighted by Gasteiger charge is 2.44. The lowest BCUT2D eigenvalue weighted by Gasteiger charge is -2.39. The third kappa shape index (κ3) is 4.34. The molecule has 9 heteroatoms. The van der Waals surface area contributed by atoms with Gasteiger partial charge in [-0.15, -0.1) is 0 Å². The summed E-state index contributed by atoms with van der Waals surface area (Å²) in [4.78, 5) is 0. The zero-order valence-electron chi connectivity index (χ0n) is 12.1. The van der Waals surface area contributed by atoms with Gasteiger partial charge in [-0.2, -0.15) is 0 Å². The van der Waals surface area contributed by atoms with Gasteiger partial charge in [0.15, 0.2) is 0 Å². The third-order valence-electron chi connectivity index (χ3n) is 3.50. The lowest BCUT2D eigenvalue weighted by atomic mass is 10.0. The number of thioether (sulfide) groups is 1. The van der Waals surface area contributed by atoms with Crippen LogP contribution in [0, 0.1) is 0 Å². The van der Waals surface area contributed by atoms with E-state index in [0.29, 0.717) is 0 Å². The Labute approximate surface area is 136 Å². The van der Waals surface area contributed by atoms with Crippen molar-refractivity contribution in [2.45, 2.75) is 36.3 Å². The maximum Gasteiger partial charge on any atom is 0.138 e. The predicted octanol–water partition coefficient (Wildman–Crippen LogP) is -0.744. The highest BCUT2D eigenvalue weighted by molar-refractivity contribution is 8.14. The summed E-state index contributed by atoms with van der Waals surface area (Å²) in [6.07, 6.45) is -5.12. The second-order valence-corrected chi connectivity index (χ2v) is 6.32. The maximum absolute atomic E-state index is 9.96. The van der Waals surface area contributed by atoms with Crippen LogP contribution in [0.2, 0.25) is 0 Å². The molecule has 1 saturated heterocycles. The third-order valence-corrected chi connectivity index (χ3v) is 4.62. The Morgan fingerprint density at radius 1 is 1.09 bits per heavy atom. The summed E-state index contributed by atoms with van der Waals surface area (Å²) >= 11 is 0.881. The summed E-state index contributed by atoms with van der Waals surface area (Å²) in [6.45, 7) is -0.522. The molecule has 0 aromatic heterocycles. The first kappa shape index (κ1) is 18.0. The fourth-order valence-electron chi connectivity index (χ4n) is 2.19. The molecule has 23 heavy (non-hydrogen) atoms. The van der Waals surface area contributed by atoms with E-state index in [1.165, 1.54) is 12.1 Å². The first-order valence-corrected chi connectivity index (χ1v) is 7.80. The highest BCUT2D eigenvalue weighted by atomic mass is 32.2. The summed E-state index contributed by atoms with van der Waals surface area (Å²) in [7, 11) is 0. The van der Waals surface area contributed by atoms with Crippen LogP contribution < -0.4 is 0 Å². The molecule has 128 valence electrons. The number of aliphatic hydroxyl groups excluding tert-OH is 4. The number of rotatable bonds is 4. The SMILES string of the molecule is OCC1OC(SC(Cc2ccc(O)cc2)=NO)C(O)C(O)C1O. The average molecular weight is 345 g/mol. The minimum absolute atomic E-state index is 0.109. The molecule has 1 aromatic rings. The van der Waals surface area contributed by atoms with Crippen LogP contribution in [-0.4, -0.2) is 72.2 Å². The van der Waals surface area contributed by atoms with Gasteiger partial charge in [0.1, 0.15) is 40.6 Å². The van der Waals surface area contributed by atoms with Crippen molar-refractivity contribution in [3.05, 3.63) is 29.8 Å². The Kier molecular flexibility index (Phi) is 6.22. The molecule has 1 aliphatic rings. The summed E-state index contributed by atoms with van der Waals surface area (Å²) < 4.78 is 5.34. The largest absolute Gasteiger partial charge is 0.508 e. The number of ether oxygens (including phenoxy) is 1. The van der Waals surface area contributed by atoms with Crippen LogP contribution in [0.1, 0.15) is 5.56 Å². The second-order valence-electron chi connectivity index (χ2n) is 5.15. The van der Waals surface area contributed by atoms with Crippen molar-refractivity contribution in [1.82, 2.24) is 0 Å². The van der Waals surface area contributed by atoms with Gasteiger partial charge in [-0.05, 0) is 17.7 Å². The van der Waals surface area contributed by atoms with E-state index in [9.17, 15) is 20.4 Å². The zero-order valence-corrected chi connectivity index (χ0v) is 12.9. The molecule has 0 aliphatic carbocycles. The van der Waals surface area contributed by atoms with E-state index in [2.05, 4.69) is 5.16 Å². The van der Waals surface area contributed by atoms with E-state index >= 15 is 0 Å². The molecule has 0 spiro atoms. The minimum atomic E-state index is -1.48. The molecule has 8 nitrogen and oxygen atoms in total. The monoisotopic (exact) mass is 345 g/mol. The Balaban J connectivity index is 2.04. The minimum Gasteiger partial charge on any atom is -0.508 e. The summed E-state index contributed by atoms with van der Waals surface area (Å²) in [6, 6.07) is 6.27. The van der Waals surface area contributed by atoms with Gasteiger partial charge in [0.2, 0.25) is 0 Å². The fourth-order valence-corrected chi connectivity index (χ4v) is 3.25. The van der Waals surface area contributed by atoms with Crippen molar-refractivity contribution in [3.63, 3.8) is 0 Å². The van der Waals surface area contributed by atoms with Crippen molar-refractivity contribution in [2.24, 2.45) is 5.16 Å².